The van der Waals surface area contributed by atoms with Crippen LogP contribution in [0.5, 0.6) is 0 Å². The molecule has 0 aliphatic heterocycles. The minimum absolute atomic E-state index is 0.0521. The van der Waals surface area contributed by atoms with Crippen LogP contribution >= 0.6 is 0 Å². The molecular formula is C15H24N2O. The molecule has 3 N–H and O–H groups in total. The average Bonchev–Trinajstić information content (AvgIpc) is 2.37. The highest BCUT2D eigenvalue weighted by Crippen LogP contribution is 2.21. The summed E-state index contributed by atoms with van der Waals surface area (Å²) >= 11 is 0. The highest BCUT2D eigenvalue weighted by molar-refractivity contribution is 5.81. The zero-order valence-corrected chi connectivity index (χ0v) is 11.5. The number of benzene rings is 1. The second kappa shape index (κ2) is 7.17. The number of carbonyl (C=O) groups excluding carboxylic acids is 1. The van der Waals surface area contributed by atoms with E-state index in [2.05, 4.69) is 19.2 Å². The molecule has 1 amide bonds. The largest absolute Gasteiger partial charge is 0.348 e. The third-order valence-electron chi connectivity index (χ3n) is 3.00. The van der Waals surface area contributed by atoms with Crippen LogP contribution in [0.15, 0.2) is 30.3 Å². The van der Waals surface area contributed by atoms with E-state index in [4.69, 9.17) is 5.73 Å². The van der Waals surface area contributed by atoms with Crippen LogP contribution in [-0.4, -0.2) is 11.9 Å². The van der Waals surface area contributed by atoms with Crippen LogP contribution in [0.3, 0.4) is 0 Å². The molecule has 1 aromatic rings. The highest BCUT2D eigenvalue weighted by atomic mass is 16.2. The summed E-state index contributed by atoms with van der Waals surface area (Å²) in [6.45, 7) is 6.23. The van der Waals surface area contributed by atoms with Gasteiger partial charge >= 0.3 is 0 Å². The molecule has 3 heteroatoms. The molecule has 1 unspecified atom stereocenters. The Morgan fingerprint density at radius 3 is 2.39 bits per heavy atom. The number of hydrogen-bond acceptors (Lipinski definition) is 2. The molecule has 0 aliphatic rings. The Morgan fingerprint density at radius 1 is 1.28 bits per heavy atom. The molecule has 0 saturated heterocycles. The summed E-state index contributed by atoms with van der Waals surface area (Å²) in [5.41, 5.74) is 6.90. The van der Waals surface area contributed by atoms with Crippen molar-refractivity contribution in [3.8, 4) is 0 Å². The molecule has 1 rings (SSSR count). The second-order valence-electron chi connectivity index (χ2n) is 5.12. The number of nitrogens with one attached hydrogen (secondary N) is 1. The Morgan fingerprint density at radius 2 is 1.89 bits per heavy atom. The predicted octanol–water partition coefficient (Wildman–Crippen LogP) is 2.63. The lowest BCUT2D eigenvalue weighted by Crippen LogP contribution is -2.42. The van der Waals surface area contributed by atoms with Crippen LogP contribution in [0, 0.1) is 5.92 Å². The maximum absolute atomic E-state index is 11.9. The fourth-order valence-electron chi connectivity index (χ4n) is 1.90. The summed E-state index contributed by atoms with van der Waals surface area (Å²) in [6, 6.07) is 9.70. The van der Waals surface area contributed by atoms with E-state index in [0.717, 1.165) is 12.0 Å². The predicted molar refractivity (Wildman–Crippen MR) is 75.0 cm³/mol. The third kappa shape index (κ3) is 4.49. The molecule has 0 saturated carbocycles. The van der Waals surface area contributed by atoms with E-state index in [1.54, 1.807) is 0 Å². The molecule has 0 aromatic heterocycles. The molecular weight excluding hydrogens is 224 g/mol. The number of amides is 1. The summed E-state index contributed by atoms with van der Waals surface area (Å²) in [5.74, 6) is 0.459. The number of nitrogens with two attached hydrogens (primary N) is 1. The van der Waals surface area contributed by atoms with Crippen LogP contribution in [0.2, 0.25) is 0 Å². The molecule has 0 heterocycles. The van der Waals surface area contributed by atoms with E-state index in [-0.39, 0.29) is 11.9 Å². The zero-order chi connectivity index (χ0) is 13.5. The molecule has 0 bridgehead atoms. The van der Waals surface area contributed by atoms with Crippen molar-refractivity contribution in [2.24, 2.45) is 11.7 Å². The number of carbonyl (C=O) groups is 1. The monoisotopic (exact) mass is 248 g/mol. The summed E-state index contributed by atoms with van der Waals surface area (Å²) in [4.78, 5) is 11.9. The highest BCUT2D eigenvalue weighted by Gasteiger charge is 2.18. The number of hydrogen-bond donors (Lipinski definition) is 2. The maximum Gasteiger partial charge on any atom is 0.237 e. The standard InChI is InChI=1S/C15H24N2O/c1-4-13(16)15(18)17-14(10-11(2)3)12-8-6-5-7-9-12/h5-9,11,13-14H,4,10,16H2,1-3H3,(H,17,18)/t13-,14?/m0/s1. The fourth-order valence-corrected chi connectivity index (χ4v) is 1.90. The van der Waals surface area contributed by atoms with Gasteiger partial charge < -0.3 is 11.1 Å². The Hall–Kier alpha value is -1.35. The van der Waals surface area contributed by atoms with Gasteiger partial charge in [0.2, 0.25) is 5.91 Å². The van der Waals surface area contributed by atoms with Crippen molar-refractivity contribution in [1.82, 2.24) is 5.32 Å². The SMILES string of the molecule is CC[C@H](N)C(=O)NC(CC(C)C)c1ccccc1. The van der Waals surface area contributed by atoms with E-state index in [0.29, 0.717) is 12.3 Å². The zero-order valence-electron chi connectivity index (χ0n) is 11.5. The van der Waals surface area contributed by atoms with Gasteiger partial charge in [-0.25, -0.2) is 0 Å². The van der Waals surface area contributed by atoms with E-state index < -0.39 is 6.04 Å². The van der Waals surface area contributed by atoms with Crippen LogP contribution in [-0.2, 0) is 4.79 Å². The second-order valence-corrected chi connectivity index (χ2v) is 5.12. The van der Waals surface area contributed by atoms with Gasteiger partial charge in [0.1, 0.15) is 0 Å². The lowest BCUT2D eigenvalue weighted by molar-refractivity contribution is -0.123. The molecule has 0 spiro atoms. The quantitative estimate of drug-likeness (QED) is 0.813. The van der Waals surface area contributed by atoms with Gasteiger partial charge in [0, 0.05) is 0 Å². The van der Waals surface area contributed by atoms with E-state index in [9.17, 15) is 4.79 Å². The van der Waals surface area contributed by atoms with Gasteiger partial charge in [-0.15, -0.1) is 0 Å². The van der Waals surface area contributed by atoms with Crippen molar-refractivity contribution in [2.45, 2.75) is 45.7 Å². The minimum atomic E-state index is -0.414. The first-order chi connectivity index (χ1) is 8.54. The molecule has 0 aliphatic carbocycles. The lowest BCUT2D eigenvalue weighted by atomic mass is 9.96. The van der Waals surface area contributed by atoms with Gasteiger partial charge in [0.25, 0.3) is 0 Å². The summed E-state index contributed by atoms with van der Waals surface area (Å²) in [5, 5.41) is 3.05. The van der Waals surface area contributed by atoms with Crippen LogP contribution in [0.1, 0.15) is 45.2 Å². The molecule has 0 fully saturated rings. The van der Waals surface area contributed by atoms with Crippen molar-refractivity contribution >= 4 is 5.91 Å². The third-order valence-corrected chi connectivity index (χ3v) is 3.00. The Kier molecular flexibility index (Phi) is 5.86. The van der Waals surface area contributed by atoms with Crippen molar-refractivity contribution in [2.75, 3.05) is 0 Å². The van der Waals surface area contributed by atoms with Crippen molar-refractivity contribution in [3.05, 3.63) is 35.9 Å². The van der Waals surface area contributed by atoms with E-state index >= 15 is 0 Å². The first kappa shape index (κ1) is 14.7. The molecule has 2 atom stereocenters. The summed E-state index contributed by atoms with van der Waals surface area (Å²) in [7, 11) is 0. The van der Waals surface area contributed by atoms with Gasteiger partial charge in [-0.3, -0.25) is 4.79 Å². The van der Waals surface area contributed by atoms with Gasteiger partial charge in [-0.2, -0.15) is 0 Å². The average molecular weight is 248 g/mol. The van der Waals surface area contributed by atoms with Gasteiger partial charge in [0.15, 0.2) is 0 Å². The van der Waals surface area contributed by atoms with Gasteiger partial charge in [0.05, 0.1) is 12.1 Å². The van der Waals surface area contributed by atoms with Gasteiger partial charge in [-0.1, -0.05) is 51.1 Å². The van der Waals surface area contributed by atoms with Crippen LogP contribution in [0.25, 0.3) is 0 Å². The van der Waals surface area contributed by atoms with Crippen molar-refractivity contribution in [1.29, 1.82) is 0 Å². The van der Waals surface area contributed by atoms with Crippen LogP contribution < -0.4 is 11.1 Å². The van der Waals surface area contributed by atoms with Crippen molar-refractivity contribution < 1.29 is 4.79 Å². The Bertz CT molecular complexity index is 362. The molecule has 18 heavy (non-hydrogen) atoms. The summed E-state index contributed by atoms with van der Waals surface area (Å²) in [6.07, 6.45) is 1.58. The maximum atomic E-state index is 11.9. The lowest BCUT2D eigenvalue weighted by Gasteiger charge is -2.22. The molecule has 3 nitrogen and oxygen atoms in total. The smallest absolute Gasteiger partial charge is 0.237 e. The van der Waals surface area contributed by atoms with E-state index in [1.165, 1.54) is 0 Å². The minimum Gasteiger partial charge on any atom is -0.348 e. The van der Waals surface area contributed by atoms with Crippen LogP contribution in [0.4, 0.5) is 0 Å². The summed E-state index contributed by atoms with van der Waals surface area (Å²) < 4.78 is 0. The van der Waals surface area contributed by atoms with Crippen molar-refractivity contribution in [3.63, 3.8) is 0 Å². The Balaban J connectivity index is 2.77. The first-order valence-corrected chi connectivity index (χ1v) is 6.65. The fraction of sp³-hybridized carbons (Fsp3) is 0.533. The Labute approximate surface area is 110 Å². The van der Waals surface area contributed by atoms with Gasteiger partial charge in [-0.05, 0) is 24.3 Å². The molecule has 0 radical (unpaired) electrons. The normalized spacial score (nSPS) is 14.3. The van der Waals surface area contributed by atoms with E-state index in [1.807, 2.05) is 37.3 Å². The number of rotatable bonds is 6. The first-order valence-electron chi connectivity index (χ1n) is 6.65. The molecule has 100 valence electrons. The molecule has 1 aromatic carbocycles. The topological polar surface area (TPSA) is 55.1 Å².